The van der Waals surface area contributed by atoms with Gasteiger partial charge in [-0.15, -0.1) is 0 Å². The van der Waals surface area contributed by atoms with Gasteiger partial charge in [0.1, 0.15) is 4.64 Å². The van der Waals surface area contributed by atoms with E-state index in [0.29, 0.717) is 6.54 Å². The topological polar surface area (TPSA) is 41.0 Å². The zero-order chi connectivity index (χ0) is 11.7. The van der Waals surface area contributed by atoms with Crippen molar-refractivity contribution in [2.75, 3.05) is 6.54 Å². The minimum atomic E-state index is -0.00906. The van der Waals surface area contributed by atoms with Gasteiger partial charge in [0.2, 0.25) is 5.91 Å². The van der Waals surface area contributed by atoms with Crippen molar-refractivity contribution in [3.63, 3.8) is 0 Å². The summed E-state index contributed by atoms with van der Waals surface area (Å²) in [6.45, 7) is 7.08. The normalized spacial score (nSPS) is 19.3. The highest BCUT2D eigenvalue weighted by molar-refractivity contribution is 7.71. The Morgan fingerprint density at radius 1 is 1.75 bits per heavy atom. The Kier molecular flexibility index (Phi) is 2.96. The molecule has 0 aliphatic carbocycles. The monoisotopic (exact) mass is 237 g/mol. The number of aromatic amines is 1. The average Bonchev–Trinajstić information content (AvgIpc) is 2.66. The number of nitrogens with zero attached hydrogens (tertiary/aromatic N) is 2. The Balaban J connectivity index is 2.40. The van der Waals surface area contributed by atoms with E-state index in [-0.39, 0.29) is 11.9 Å². The summed E-state index contributed by atoms with van der Waals surface area (Å²) in [6, 6.07) is 2.04. The van der Waals surface area contributed by atoms with E-state index in [1.807, 2.05) is 15.6 Å². The molecule has 0 radical (unpaired) electrons. The van der Waals surface area contributed by atoms with Crippen molar-refractivity contribution < 1.29 is 4.79 Å². The fourth-order valence-electron chi connectivity index (χ4n) is 2.24. The molecule has 1 atom stereocenters. The molecule has 2 rings (SSSR count). The van der Waals surface area contributed by atoms with Crippen molar-refractivity contribution in [3.8, 4) is 0 Å². The Morgan fingerprint density at radius 3 is 3.12 bits per heavy atom. The van der Waals surface area contributed by atoms with Crippen LogP contribution in [0.2, 0.25) is 0 Å². The van der Waals surface area contributed by atoms with Crippen LogP contribution in [0.4, 0.5) is 0 Å². The van der Waals surface area contributed by atoms with Crippen LogP contribution in [0, 0.1) is 4.64 Å². The van der Waals surface area contributed by atoms with Gasteiger partial charge in [-0.2, -0.15) is 0 Å². The third-order valence-corrected chi connectivity index (χ3v) is 3.17. The van der Waals surface area contributed by atoms with Gasteiger partial charge in [0.25, 0.3) is 0 Å². The summed E-state index contributed by atoms with van der Waals surface area (Å²) >= 11 is 5.11. The molecule has 2 heterocycles. The number of rotatable bonds is 2. The second kappa shape index (κ2) is 4.25. The highest BCUT2D eigenvalue weighted by atomic mass is 32.1. The number of carbonyl (C=O) groups excluding carboxylic acids is 1. The van der Waals surface area contributed by atoms with Gasteiger partial charge < -0.3 is 4.90 Å². The number of amides is 1. The van der Waals surface area contributed by atoms with E-state index >= 15 is 0 Å². The number of carbonyl (C=O) groups is 1. The fraction of sp³-hybridized carbons (Fsp3) is 0.455. The van der Waals surface area contributed by atoms with Gasteiger partial charge >= 0.3 is 0 Å². The van der Waals surface area contributed by atoms with E-state index in [4.69, 9.17) is 12.2 Å². The van der Waals surface area contributed by atoms with Crippen molar-refractivity contribution in [2.24, 2.45) is 0 Å². The van der Waals surface area contributed by atoms with E-state index in [2.05, 4.69) is 18.6 Å². The maximum atomic E-state index is 11.7. The van der Waals surface area contributed by atoms with Crippen molar-refractivity contribution in [2.45, 2.75) is 25.9 Å². The lowest BCUT2D eigenvalue weighted by Gasteiger charge is -2.35. The molecule has 4 nitrogen and oxygen atoms in total. The van der Waals surface area contributed by atoms with Gasteiger partial charge in [-0.1, -0.05) is 25.7 Å². The molecule has 0 saturated carbocycles. The highest BCUT2D eigenvalue weighted by Gasteiger charge is 2.28. The first-order chi connectivity index (χ1) is 7.67. The summed E-state index contributed by atoms with van der Waals surface area (Å²) in [7, 11) is 0. The van der Waals surface area contributed by atoms with Crippen molar-refractivity contribution in [1.82, 2.24) is 14.7 Å². The van der Waals surface area contributed by atoms with E-state index in [9.17, 15) is 4.79 Å². The van der Waals surface area contributed by atoms with E-state index < -0.39 is 0 Å². The quantitative estimate of drug-likeness (QED) is 0.631. The minimum absolute atomic E-state index is 0.00906. The van der Waals surface area contributed by atoms with Crippen LogP contribution in [0.1, 0.15) is 25.1 Å². The second-order valence-electron chi connectivity index (χ2n) is 3.86. The molecular formula is C11H15N3OS. The van der Waals surface area contributed by atoms with Crippen molar-refractivity contribution >= 4 is 18.1 Å². The lowest BCUT2D eigenvalue weighted by Crippen LogP contribution is -2.41. The van der Waals surface area contributed by atoms with E-state index in [1.165, 1.54) is 6.08 Å². The smallest absolute Gasteiger partial charge is 0.246 e. The molecule has 5 heteroatoms. The van der Waals surface area contributed by atoms with Crippen molar-refractivity contribution in [3.05, 3.63) is 29.1 Å². The number of aromatic nitrogens is 2. The van der Waals surface area contributed by atoms with Gasteiger partial charge in [0.15, 0.2) is 0 Å². The molecule has 1 unspecified atom stereocenters. The van der Waals surface area contributed by atoms with Crippen LogP contribution in [0.25, 0.3) is 0 Å². The summed E-state index contributed by atoms with van der Waals surface area (Å²) in [5.74, 6) is -0.00906. The largest absolute Gasteiger partial charge is 0.329 e. The lowest BCUT2D eigenvalue weighted by atomic mass is 10.1. The van der Waals surface area contributed by atoms with Gasteiger partial charge in [0.05, 0.1) is 18.3 Å². The predicted octanol–water partition coefficient (Wildman–Crippen LogP) is 2.02. The first kappa shape index (κ1) is 11.1. The maximum Gasteiger partial charge on any atom is 0.246 e. The molecule has 86 valence electrons. The van der Waals surface area contributed by atoms with Crippen LogP contribution in [0.15, 0.2) is 18.7 Å². The fourth-order valence-corrected chi connectivity index (χ4v) is 2.47. The van der Waals surface area contributed by atoms with E-state index in [0.717, 1.165) is 23.3 Å². The lowest BCUT2D eigenvalue weighted by molar-refractivity contribution is -0.129. The predicted molar refractivity (Wildman–Crippen MR) is 64.6 cm³/mol. The van der Waals surface area contributed by atoms with Crippen LogP contribution < -0.4 is 0 Å². The summed E-state index contributed by atoms with van der Waals surface area (Å²) in [4.78, 5) is 13.6. The molecule has 1 aliphatic rings. The van der Waals surface area contributed by atoms with Crippen LogP contribution in [-0.4, -0.2) is 27.1 Å². The van der Waals surface area contributed by atoms with Gasteiger partial charge in [-0.05, 0) is 18.6 Å². The third-order valence-electron chi connectivity index (χ3n) is 2.96. The molecule has 1 aromatic rings. The molecule has 0 fully saturated rings. The number of hydrogen-bond acceptors (Lipinski definition) is 2. The Hall–Kier alpha value is -1.36. The zero-order valence-corrected chi connectivity index (χ0v) is 10.1. The molecule has 16 heavy (non-hydrogen) atoms. The molecule has 1 aromatic heterocycles. The Labute approximate surface area is 99.5 Å². The first-order valence-corrected chi connectivity index (χ1v) is 5.81. The Morgan fingerprint density at radius 2 is 2.50 bits per heavy atom. The second-order valence-corrected chi connectivity index (χ2v) is 4.30. The van der Waals surface area contributed by atoms with E-state index in [1.54, 1.807) is 0 Å². The van der Waals surface area contributed by atoms with Gasteiger partial charge in [-0.25, -0.2) is 0 Å². The summed E-state index contributed by atoms with van der Waals surface area (Å²) in [5, 5.41) is 3.11. The standard InChI is InChI=1S/C11H15N3OS/c1-3-8-9-7-10(16)12-14(9)6-5-13(8)11(15)4-2/h4,7-8H,2-3,5-6H2,1H3,(H,12,16). The third kappa shape index (κ3) is 1.71. The molecule has 0 bridgehead atoms. The Bertz CT molecular complexity index is 474. The molecule has 1 N–H and O–H groups in total. The number of nitrogens with one attached hydrogen (secondary N) is 1. The summed E-state index contributed by atoms with van der Waals surface area (Å²) < 4.78 is 2.75. The summed E-state index contributed by atoms with van der Waals surface area (Å²) in [6.07, 6.45) is 2.26. The summed E-state index contributed by atoms with van der Waals surface area (Å²) in [5.41, 5.74) is 1.09. The van der Waals surface area contributed by atoms with Crippen LogP contribution in [0.5, 0.6) is 0 Å². The van der Waals surface area contributed by atoms with Crippen LogP contribution >= 0.6 is 12.2 Å². The molecule has 0 spiro atoms. The van der Waals surface area contributed by atoms with Gasteiger partial charge in [-0.3, -0.25) is 14.6 Å². The minimum Gasteiger partial charge on any atom is -0.329 e. The number of H-pyrrole nitrogens is 1. The SMILES string of the molecule is C=CC(=O)N1CCn2[nH]c(=S)cc2C1CC. The molecule has 0 saturated heterocycles. The molecule has 1 aliphatic heterocycles. The average molecular weight is 237 g/mol. The first-order valence-electron chi connectivity index (χ1n) is 5.40. The molecule has 1 amide bonds. The van der Waals surface area contributed by atoms with Crippen LogP contribution in [0.3, 0.4) is 0 Å². The highest BCUT2D eigenvalue weighted by Crippen LogP contribution is 2.28. The number of fused-ring (bicyclic) bond motifs is 1. The maximum absolute atomic E-state index is 11.7. The molecule has 0 aromatic carbocycles. The number of hydrogen-bond donors (Lipinski definition) is 1. The van der Waals surface area contributed by atoms with Crippen molar-refractivity contribution in [1.29, 1.82) is 0 Å². The van der Waals surface area contributed by atoms with Crippen LogP contribution in [-0.2, 0) is 11.3 Å². The zero-order valence-electron chi connectivity index (χ0n) is 9.27. The molecular weight excluding hydrogens is 222 g/mol. The van der Waals surface area contributed by atoms with Gasteiger partial charge in [0, 0.05) is 6.54 Å².